The molecule has 0 saturated heterocycles. The second kappa shape index (κ2) is 20.2. The summed E-state index contributed by atoms with van der Waals surface area (Å²) < 4.78 is 104. The second-order valence-corrected chi connectivity index (χ2v) is 20.3. The highest BCUT2D eigenvalue weighted by Gasteiger charge is 2.23. The summed E-state index contributed by atoms with van der Waals surface area (Å²) >= 11 is 0. The van der Waals surface area contributed by atoms with Crippen LogP contribution < -0.4 is 18.9 Å². The smallest absolute Gasteiger partial charge is 0.241 e. The zero-order chi connectivity index (χ0) is 46.0. The average Bonchev–Trinajstić information content (AvgIpc) is 3.31. The van der Waals surface area contributed by atoms with Gasteiger partial charge < -0.3 is 29.2 Å². The summed E-state index contributed by atoms with van der Waals surface area (Å²) in [5, 5.41) is 19.2. The largest absolute Gasteiger partial charge is 0.508 e. The topological polar surface area (TPSA) is 180 Å². The lowest BCUT2D eigenvalue weighted by Crippen LogP contribution is -2.23. The highest BCUT2D eigenvalue weighted by atomic mass is 32.2. The van der Waals surface area contributed by atoms with Gasteiger partial charge in [0.2, 0.25) is 35.8 Å². The van der Waals surface area contributed by atoms with Crippen LogP contribution in [0.15, 0.2) is 211 Å². The standard InChI is InChI=1S/C50H44O12S3/c1-2-7-50(62-42-22-32-47(33-23-42)65(57,58)49-9-4-3-8-48(49)36-10-12-37(51)13-11-36)61-41-20-30-46(31-21-41)64(55,56)45-28-18-40(19-29-45)60-35-6-5-34-59-39-16-26-44(27-17-39)63(53,54)43-24-14-38(52)15-25-43/h3-6,8-33,50-52H,2,7,34-35H2,1H3/b6-5+. The van der Waals surface area contributed by atoms with E-state index in [0.29, 0.717) is 47.0 Å². The van der Waals surface area contributed by atoms with Crippen molar-refractivity contribution in [1.29, 1.82) is 0 Å². The number of sulfone groups is 3. The van der Waals surface area contributed by atoms with E-state index in [4.69, 9.17) is 18.9 Å². The fourth-order valence-electron chi connectivity index (χ4n) is 6.54. The van der Waals surface area contributed by atoms with Crippen molar-refractivity contribution >= 4 is 29.5 Å². The van der Waals surface area contributed by atoms with Crippen molar-refractivity contribution in [1.82, 2.24) is 0 Å². The number of hydrogen-bond acceptors (Lipinski definition) is 12. The van der Waals surface area contributed by atoms with E-state index in [1.54, 1.807) is 97.1 Å². The van der Waals surface area contributed by atoms with Gasteiger partial charge in [0, 0.05) is 12.0 Å². The molecule has 0 fully saturated rings. The summed E-state index contributed by atoms with van der Waals surface area (Å²) in [6.45, 7) is 2.35. The highest BCUT2D eigenvalue weighted by molar-refractivity contribution is 7.92. The molecule has 1 atom stereocenters. The van der Waals surface area contributed by atoms with Gasteiger partial charge in [0.15, 0.2) is 0 Å². The molecule has 0 heterocycles. The van der Waals surface area contributed by atoms with Crippen LogP contribution in [0, 0.1) is 0 Å². The maximum atomic E-state index is 13.7. The number of benzene rings is 7. The van der Waals surface area contributed by atoms with Crippen molar-refractivity contribution in [2.45, 2.75) is 55.4 Å². The van der Waals surface area contributed by atoms with Crippen LogP contribution >= 0.6 is 0 Å². The van der Waals surface area contributed by atoms with Gasteiger partial charge in [0.05, 0.1) is 29.4 Å². The summed E-state index contributed by atoms with van der Waals surface area (Å²) in [4.78, 5) is 0.501. The van der Waals surface area contributed by atoms with Gasteiger partial charge in [-0.1, -0.05) is 37.3 Å². The Morgan fingerprint density at radius 2 is 0.800 bits per heavy atom. The van der Waals surface area contributed by atoms with Gasteiger partial charge in [-0.15, -0.1) is 0 Å². The summed E-state index contributed by atoms with van der Waals surface area (Å²) in [6, 6.07) is 42.4. The predicted octanol–water partition coefficient (Wildman–Crippen LogP) is 9.86. The monoisotopic (exact) mass is 932 g/mol. The van der Waals surface area contributed by atoms with E-state index < -0.39 is 35.8 Å². The molecule has 12 nitrogen and oxygen atoms in total. The Bertz CT molecular complexity index is 3060. The summed E-state index contributed by atoms with van der Waals surface area (Å²) in [6.07, 6.45) is 3.92. The van der Waals surface area contributed by atoms with Crippen LogP contribution in [0.1, 0.15) is 19.8 Å². The molecule has 0 saturated carbocycles. The van der Waals surface area contributed by atoms with Crippen LogP contribution in [0.25, 0.3) is 11.1 Å². The first kappa shape index (κ1) is 45.9. The molecular formula is C50H44O12S3. The molecule has 0 aliphatic carbocycles. The molecule has 0 radical (unpaired) electrons. The molecule has 7 aromatic rings. The normalized spacial score (nSPS) is 12.4. The first-order chi connectivity index (χ1) is 31.2. The van der Waals surface area contributed by atoms with Crippen molar-refractivity contribution in [3.8, 4) is 45.6 Å². The van der Waals surface area contributed by atoms with Crippen LogP contribution in [0.4, 0.5) is 0 Å². The van der Waals surface area contributed by atoms with E-state index in [1.807, 2.05) is 6.92 Å². The van der Waals surface area contributed by atoms with Gasteiger partial charge in [-0.05, 0) is 164 Å². The first-order valence-corrected chi connectivity index (χ1v) is 24.8. The molecule has 0 aliphatic heterocycles. The molecule has 65 heavy (non-hydrogen) atoms. The SMILES string of the molecule is CCCC(Oc1ccc(S(=O)(=O)c2ccc(OC/C=C/COc3ccc(S(=O)(=O)c4ccc(O)cc4)cc3)cc2)cc1)Oc1ccc(S(=O)(=O)c2ccccc2-c2ccc(O)cc2)cc1. The zero-order valence-electron chi connectivity index (χ0n) is 34.9. The lowest BCUT2D eigenvalue weighted by Gasteiger charge is -2.20. The average molecular weight is 933 g/mol. The third-order valence-electron chi connectivity index (χ3n) is 9.96. The minimum atomic E-state index is -3.92. The Hall–Kier alpha value is -7.07. The molecule has 0 aromatic heterocycles. The van der Waals surface area contributed by atoms with Crippen molar-refractivity contribution < 1.29 is 54.4 Å². The number of phenols is 2. The molecule has 2 N–H and O–H groups in total. The van der Waals surface area contributed by atoms with Crippen molar-refractivity contribution in [2.24, 2.45) is 0 Å². The molecular weight excluding hydrogens is 889 g/mol. The third kappa shape index (κ3) is 11.2. The number of ether oxygens (including phenoxy) is 4. The Balaban J connectivity index is 0.895. The van der Waals surface area contributed by atoms with Gasteiger partial charge >= 0.3 is 0 Å². The molecule has 0 aliphatic rings. The Labute approximate surface area is 378 Å². The third-order valence-corrected chi connectivity index (χ3v) is 15.4. The zero-order valence-corrected chi connectivity index (χ0v) is 37.4. The maximum absolute atomic E-state index is 13.7. The minimum Gasteiger partial charge on any atom is -0.508 e. The molecule has 1 unspecified atom stereocenters. The lowest BCUT2D eigenvalue weighted by atomic mass is 10.1. The van der Waals surface area contributed by atoms with Gasteiger partial charge in [0.1, 0.15) is 47.7 Å². The number of aromatic hydroxyl groups is 2. The number of rotatable bonds is 19. The van der Waals surface area contributed by atoms with Crippen LogP contribution in [-0.2, 0) is 29.5 Å². The maximum Gasteiger partial charge on any atom is 0.241 e. The fourth-order valence-corrected chi connectivity index (χ4v) is 10.5. The van der Waals surface area contributed by atoms with E-state index in [9.17, 15) is 35.5 Å². The quantitative estimate of drug-likeness (QED) is 0.0580. The van der Waals surface area contributed by atoms with Crippen LogP contribution in [0.5, 0.6) is 34.5 Å². The lowest BCUT2D eigenvalue weighted by molar-refractivity contribution is -0.00111. The first-order valence-electron chi connectivity index (χ1n) is 20.3. The van der Waals surface area contributed by atoms with Crippen molar-refractivity contribution in [3.63, 3.8) is 0 Å². The Kier molecular flexibility index (Phi) is 14.3. The summed E-state index contributed by atoms with van der Waals surface area (Å²) in [5.41, 5.74) is 1.15. The molecule has 334 valence electrons. The van der Waals surface area contributed by atoms with Crippen molar-refractivity contribution in [3.05, 3.63) is 182 Å². The summed E-state index contributed by atoms with van der Waals surface area (Å²) in [5.74, 6) is 1.74. The number of hydrogen-bond donors (Lipinski definition) is 2. The van der Waals surface area contributed by atoms with E-state index >= 15 is 0 Å². The van der Waals surface area contributed by atoms with Gasteiger partial charge in [-0.2, -0.15) is 0 Å². The molecule has 0 bridgehead atoms. The Morgan fingerprint density at radius 1 is 0.446 bits per heavy atom. The number of phenolic OH excluding ortho intramolecular Hbond substituents is 2. The van der Waals surface area contributed by atoms with E-state index in [1.165, 1.54) is 84.9 Å². The van der Waals surface area contributed by atoms with E-state index in [-0.39, 0.29) is 54.1 Å². The highest BCUT2D eigenvalue weighted by Crippen LogP contribution is 2.34. The minimum absolute atomic E-state index is 0.0260. The summed E-state index contributed by atoms with van der Waals surface area (Å²) in [7, 11) is -11.5. The fraction of sp³-hybridized carbons (Fsp3) is 0.120. The van der Waals surface area contributed by atoms with Gasteiger partial charge in [-0.3, -0.25) is 0 Å². The molecule has 0 amide bonds. The van der Waals surface area contributed by atoms with Crippen LogP contribution in [0.2, 0.25) is 0 Å². The molecule has 0 spiro atoms. The van der Waals surface area contributed by atoms with E-state index in [0.717, 1.165) is 0 Å². The van der Waals surface area contributed by atoms with Crippen LogP contribution in [0.3, 0.4) is 0 Å². The van der Waals surface area contributed by atoms with Gasteiger partial charge in [-0.25, -0.2) is 25.3 Å². The van der Waals surface area contributed by atoms with Crippen LogP contribution in [-0.4, -0.2) is 55.0 Å². The predicted molar refractivity (Wildman–Crippen MR) is 244 cm³/mol. The van der Waals surface area contributed by atoms with Gasteiger partial charge in [0.25, 0.3) is 0 Å². The molecule has 7 rings (SSSR count). The van der Waals surface area contributed by atoms with Crippen molar-refractivity contribution in [2.75, 3.05) is 13.2 Å². The molecule has 15 heteroatoms. The molecule has 7 aromatic carbocycles. The Morgan fingerprint density at radius 3 is 1.22 bits per heavy atom. The van der Waals surface area contributed by atoms with E-state index in [2.05, 4.69) is 0 Å². The second-order valence-electron chi connectivity index (χ2n) is 14.5.